The van der Waals surface area contributed by atoms with Gasteiger partial charge in [0.25, 0.3) is 0 Å². The summed E-state index contributed by atoms with van der Waals surface area (Å²) in [6.45, 7) is 4.61. The summed E-state index contributed by atoms with van der Waals surface area (Å²) in [6.07, 6.45) is 2.96. The lowest BCUT2D eigenvalue weighted by Crippen LogP contribution is -2.36. The van der Waals surface area contributed by atoms with Gasteiger partial charge < -0.3 is 4.74 Å². The van der Waals surface area contributed by atoms with Crippen molar-refractivity contribution in [2.24, 2.45) is 5.41 Å². The molecule has 0 heterocycles. The van der Waals surface area contributed by atoms with Crippen molar-refractivity contribution in [1.29, 1.82) is 0 Å². The Hall–Kier alpha value is -0.130. The molecule has 0 spiro atoms. The van der Waals surface area contributed by atoms with Crippen molar-refractivity contribution in [3.63, 3.8) is 0 Å². The fourth-order valence-corrected chi connectivity index (χ4v) is 3.26. The van der Waals surface area contributed by atoms with Gasteiger partial charge in [0.1, 0.15) is 0 Å². The third-order valence-corrected chi connectivity index (χ3v) is 4.27. The van der Waals surface area contributed by atoms with Gasteiger partial charge in [-0.1, -0.05) is 13.8 Å². The summed E-state index contributed by atoms with van der Waals surface area (Å²) < 4.78 is 30.6. The smallest absolute Gasteiger partial charge is 0.214 e. The van der Waals surface area contributed by atoms with Crippen LogP contribution in [0.25, 0.3) is 0 Å². The number of nitrogens with one attached hydrogen (secondary N) is 1. The highest BCUT2D eigenvalue weighted by Crippen LogP contribution is 2.37. The summed E-state index contributed by atoms with van der Waals surface area (Å²) in [4.78, 5) is 0. The van der Waals surface area contributed by atoms with Gasteiger partial charge in [-0.2, -0.15) is 0 Å². The normalized spacial score (nSPS) is 25.7. The molecule has 1 atom stereocenters. The van der Waals surface area contributed by atoms with Gasteiger partial charge in [0.15, 0.2) is 0 Å². The maximum absolute atomic E-state index is 11.6. The van der Waals surface area contributed by atoms with E-state index in [4.69, 9.17) is 4.74 Å². The van der Waals surface area contributed by atoms with E-state index in [9.17, 15) is 8.42 Å². The summed E-state index contributed by atoms with van der Waals surface area (Å²) in [5.41, 5.74) is 0.272. The van der Waals surface area contributed by atoms with Crippen LogP contribution in [0.5, 0.6) is 0 Å². The van der Waals surface area contributed by atoms with Gasteiger partial charge in [-0.05, 0) is 24.7 Å². The molecule has 0 amide bonds. The topological polar surface area (TPSA) is 55.4 Å². The molecule has 90 valence electrons. The van der Waals surface area contributed by atoms with Crippen LogP contribution >= 0.6 is 0 Å². The van der Waals surface area contributed by atoms with E-state index in [0.29, 0.717) is 0 Å². The fourth-order valence-electron chi connectivity index (χ4n) is 2.04. The van der Waals surface area contributed by atoms with Crippen LogP contribution in [-0.2, 0) is 14.8 Å². The lowest BCUT2D eigenvalue weighted by atomic mass is 9.92. The van der Waals surface area contributed by atoms with Crippen molar-refractivity contribution >= 4 is 10.0 Å². The first-order valence-electron chi connectivity index (χ1n) is 5.34. The van der Waals surface area contributed by atoms with E-state index in [1.807, 2.05) is 0 Å². The molecule has 1 unspecified atom stereocenters. The van der Waals surface area contributed by atoms with E-state index in [-0.39, 0.29) is 23.8 Å². The quantitative estimate of drug-likeness (QED) is 0.777. The van der Waals surface area contributed by atoms with Crippen LogP contribution < -0.4 is 4.72 Å². The number of rotatable bonds is 5. The van der Waals surface area contributed by atoms with E-state index in [2.05, 4.69) is 18.6 Å². The van der Waals surface area contributed by atoms with Gasteiger partial charge in [-0.15, -0.1) is 0 Å². The Morgan fingerprint density at radius 1 is 1.47 bits per heavy atom. The minimum atomic E-state index is -3.15. The molecule has 0 radical (unpaired) electrons. The highest BCUT2D eigenvalue weighted by molar-refractivity contribution is 7.89. The molecule has 0 aromatic carbocycles. The van der Waals surface area contributed by atoms with E-state index in [1.165, 1.54) is 7.11 Å². The molecular formula is C10H21NO3S. The number of hydrogen-bond acceptors (Lipinski definition) is 3. The Morgan fingerprint density at radius 3 is 2.60 bits per heavy atom. The molecule has 1 fully saturated rings. The SMILES string of the molecule is COCCS(=O)(=O)NC1CCC(C)(C)C1. The molecule has 5 heteroatoms. The number of hydrogen-bond donors (Lipinski definition) is 1. The van der Waals surface area contributed by atoms with Gasteiger partial charge in [-0.3, -0.25) is 0 Å². The Bertz CT molecular complexity index is 298. The number of sulfonamides is 1. The zero-order valence-corrected chi connectivity index (χ0v) is 10.6. The number of ether oxygens (including phenoxy) is 1. The maximum atomic E-state index is 11.6. The highest BCUT2D eigenvalue weighted by atomic mass is 32.2. The van der Waals surface area contributed by atoms with E-state index in [1.54, 1.807) is 0 Å². The molecule has 1 saturated carbocycles. The summed E-state index contributed by atoms with van der Waals surface area (Å²) in [7, 11) is -1.64. The predicted molar refractivity (Wildman–Crippen MR) is 60.2 cm³/mol. The van der Waals surface area contributed by atoms with Gasteiger partial charge in [-0.25, -0.2) is 13.1 Å². The van der Waals surface area contributed by atoms with Crippen LogP contribution in [0.2, 0.25) is 0 Å². The summed E-state index contributed by atoms with van der Waals surface area (Å²) in [5.74, 6) is 0.0560. The lowest BCUT2D eigenvalue weighted by Gasteiger charge is -2.17. The first-order chi connectivity index (χ1) is 6.85. The zero-order valence-electron chi connectivity index (χ0n) is 9.75. The second kappa shape index (κ2) is 4.80. The average Bonchev–Trinajstić information content (AvgIpc) is 2.41. The molecule has 1 rings (SSSR count). The van der Waals surface area contributed by atoms with Crippen LogP contribution in [0.4, 0.5) is 0 Å². The Balaban J connectivity index is 2.42. The molecule has 1 N–H and O–H groups in total. The zero-order chi connectivity index (χ0) is 11.5. The van der Waals surface area contributed by atoms with Crippen molar-refractivity contribution in [3.05, 3.63) is 0 Å². The van der Waals surface area contributed by atoms with Crippen molar-refractivity contribution in [3.8, 4) is 0 Å². The van der Waals surface area contributed by atoms with Crippen molar-refractivity contribution in [2.75, 3.05) is 19.5 Å². The van der Waals surface area contributed by atoms with Gasteiger partial charge in [0.05, 0.1) is 12.4 Å². The minimum absolute atomic E-state index is 0.0560. The first kappa shape index (κ1) is 12.9. The third kappa shape index (κ3) is 4.49. The maximum Gasteiger partial charge on any atom is 0.214 e. The molecule has 0 aromatic heterocycles. The van der Waals surface area contributed by atoms with Crippen molar-refractivity contribution < 1.29 is 13.2 Å². The molecule has 0 aliphatic heterocycles. The minimum Gasteiger partial charge on any atom is -0.384 e. The second-order valence-corrected chi connectivity index (χ2v) is 6.91. The highest BCUT2D eigenvalue weighted by Gasteiger charge is 2.32. The molecule has 1 aliphatic rings. The Kier molecular flexibility index (Phi) is 4.14. The van der Waals surface area contributed by atoms with Gasteiger partial charge in [0, 0.05) is 13.2 Å². The van der Waals surface area contributed by atoms with Crippen LogP contribution in [-0.4, -0.2) is 33.9 Å². The number of methoxy groups -OCH3 is 1. The first-order valence-corrected chi connectivity index (χ1v) is 6.99. The van der Waals surface area contributed by atoms with Gasteiger partial charge in [0.2, 0.25) is 10.0 Å². The molecule has 0 aromatic rings. The fraction of sp³-hybridized carbons (Fsp3) is 1.00. The van der Waals surface area contributed by atoms with Crippen LogP contribution in [0.3, 0.4) is 0 Å². The van der Waals surface area contributed by atoms with Crippen LogP contribution in [0.1, 0.15) is 33.1 Å². The molecule has 0 saturated heterocycles. The van der Waals surface area contributed by atoms with E-state index >= 15 is 0 Å². The molecular weight excluding hydrogens is 214 g/mol. The van der Waals surface area contributed by atoms with Crippen molar-refractivity contribution in [2.45, 2.75) is 39.2 Å². The predicted octanol–water partition coefficient (Wildman–Crippen LogP) is 1.13. The lowest BCUT2D eigenvalue weighted by molar-refractivity contribution is 0.216. The van der Waals surface area contributed by atoms with Crippen LogP contribution in [0.15, 0.2) is 0 Å². The van der Waals surface area contributed by atoms with Crippen molar-refractivity contribution in [1.82, 2.24) is 4.72 Å². The summed E-state index contributed by atoms with van der Waals surface area (Å²) in [5, 5.41) is 0. The van der Waals surface area contributed by atoms with Gasteiger partial charge >= 0.3 is 0 Å². The van der Waals surface area contributed by atoms with Crippen LogP contribution in [0, 0.1) is 5.41 Å². The molecule has 1 aliphatic carbocycles. The Labute approximate surface area is 92.4 Å². The average molecular weight is 235 g/mol. The third-order valence-electron chi connectivity index (χ3n) is 2.87. The second-order valence-electron chi connectivity index (χ2n) is 5.03. The largest absolute Gasteiger partial charge is 0.384 e. The molecule has 4 nitrogen and oxygen atoms in total. The van der Waals surface area contributed by atoms with E-state index in [0.717, 1.165) is 19.3 Å². The monoisotopic (exact) mass is 235 g/mol. The van der Waals surface area contributed by atoms with E-state index < -0.39 is 10.0 Å². The molecule has 15 heavy (non-hydrogen) atoms. The standard InChI is InChI=1S/C10H21NO3S/c1-10(2)5-4-9(8-10)11-15(12,13)7-6-14-3/h9,11H,4-8H2,1-3H3. The summed E-state index contributed by atoms with van der Waals surface area (Å²) in [6, 6.07) is 0.113. The molecule has 0 bridgehead atoms. The summed E-state index contributed by atoms with van der Waals surface area (Å²) >= 11 is 0. The Morgan fingerprint density at radius 2 is 2.13 bits per heavy atom.